The van der Waals surface area contributed by atoms with Crippen LogP contribution in [-0.2, 0) is 41.2 Å². The van der Waals surface area contributed by atoms with Crippen LogP contribution in [0.15, 0.2) is 36.0 Å². The first-order valence-corrected chi connectivity index (χ1v) is 24.3. The Hall–Kier alpha value is -2.30. The van der Waals surface area contributed by atoms with Crippen LogP contribution < -0.4 is 0 Å². The van der Waals surface area contributed by atoms with Crippen molar-refractivity contribution >= 4 is 52.2 Å². The van der Waals surface area contributed by atoms with Gasteiger partial charge < -0.3 is 32.4 Å². The smallest absolute Gasteiger partial charge is 0.329 e. The molecule has 4 rings (SSSR count). The highest BCUT2D eigenvalue weighted by atomic mass is 127. The Labute approximate surface area is 385 Å². The summed E-state index contributed by atoms with van der Waals surface area (Å²) < 4.78 is 23.8. The normalized spacial score (nSPS) is 39.8. The number of hydrogen-bond donors (Lipinski definition) is 2. The minimum atomic E-state index is -2.33. The summed E-state index contributed by atoms with van der Waals surface area (Å²) in [6.07, 6.45) is 15.5. The molecule has 1 unspecified atom stereocenters. The van der Waals surface area contributed by atoms with Crippen LogP contribution in [0.1, 0.15) is 145 Å². The maximum absolute atomic E-state index is 14.3. The number of Topliss-reactive ketones (excluding diaryl/α,β-unsaturated/α-hetero) is 3. The van der Waals surface area contributed by atoms with Crippen molar-refractivity contribution in [1.82, 2.24) is 4.90 Å². The van der Waals surface area contributed by atoms with E-state index < -0.39 is 59.6 Å². The Balaban J connectivity index is 1.62. The molecule has 2 saturated heterocycles. The average molecular weight is 982 g/mol. The predicted octanol–water partition coefficient (Wildman–Crippen LogP) is 8.39. The number of fused-ring (bicyclic) bond motifs is 3. The summed E-state index contributed by atoms with van der Waals surface area (Å²) in [6.45, 7) is 13.5. The molecule has 2 N–H and O–H groups in total. The van der Waals surface area contributed by atoms with Gasteiger partial charge in [-0.05, 0) is 114 Å². The summed E-state index contributed by atoms with van der Waals surface area (Å²) in [5.74, 6) is -6.76. The van der Waals surface area contributed by atoms with Crippen LogP contribution >= 0.6 is 23.0 Å². The summed E-state index contributed by atoms with van der Waals surface area (Å²) >= 11 is 1.92. The molecule has 0 radical (unpaired) electrons. The number of carbonyl (C=O) groups excluding carboxylic acids is 5. The van der Waals surface area contributed by atoms with Gasteiger partial charge in [0.05, 0.1) is 24.4 Å². The molecule has 350 valence electrons. The number of allylic oxidation sites excluding steroid dienone is 6. The molecule has 1 aliphatic carbocycles. The van der Waals surface area contributed by atoms with Gasteiger partial charge in [0, 0.05) is 44.2 Å². The monoisotopic (exact) mass is 981 g/mol. The zero-order valence-electron chi connectivity index (χ0n) is 38.6. The number of methoxy groups -OCH3 is 1. The topological polar surface area (TPSA) is 166 Å². The Morgan fingerprint density at radius 2 is 1.58 bits per heavy atom. The third-order valence-electron chi connectivity index (χ3n) is 14.3. The summed E-state index contributed by atoms with van der Waals surface area (Å²) in [5, 5.41) is 23.0. The summed E-state index contributed by atoms with van der Waals surface area (Å²) in [4.78, 5) is 71.1. The fourth-order valence-corrected chi connectivity index (χ4v) is 10.5. The number of aliphatic hydroxyl groups excluding tert-OH is 1. The second-order valence-electron chi connectivity index (χ2n) is 19.5. The number of ether oxygens (including phenoxy) is 3. The first-order valence-electron chi connectivity index (χ1n) is 23.4. The largest absolute Gasteiger partial charge is 0.460 e. The number of amides is 1. The van der Waals surface area contributed by atoms with E-state index in [4.69, 9.17) is 17.3 Å². The highest BCUT2D eigenvalue weighted by molar-refractivity contribution is 14.1. The van der Waals surface area contributed by atoms with Crippen LogP contribution in [0, 0.1) is 41.4 Å². The van der Waals surface area contributed by atoms with E-state index in [9.17, 15) is 34.2 Å². The van der Waals surface area contributed by atoms with E-state index in [-0.39, 0.29) is 79.2 Å². The molecular formula is C49H76INO11. The average Bonchev–Trinajstić information content (AvgIpc) is 3.25. The van der Waals surface area contributed by atoms with Crippen molar-refractivity contribution in [3.8, 4) is 0 Å². The van der Waals surface area contributed by atoms with Crippen LogP contribution in [0.3, 0.4) is 0 Å². The van der Waals surface area contributed by atoms with Crippen molar-refractivity contribution in [3.63, 3.8) is 0 Å². The highest BCUT2D eigenvalue weighted by Crippen LogP contribution is 2.38. The molecular weight excluding hydrogens is 905 g/mol. The molecule has 3 aliphatic heterocycles. The third-order valence-corrected chi connectivity index (χ3v) is 14.9. The van der Waals surface area contributed by atoms with Crippen LogP contribution in [0.5, 0.6) is 0 Å². The maximum Gasteiger partial charge on any atom is 0.329 e. The van der Waals surface area contributed by atoms with Gasteiger partial charge in [-0.3, -0.25) is 19.2 Å². The number of rotatable bonds is 5. The lowest BCUT2D eigenvalue weighted by Crippen LogP contribution is -2.60. The SMILES string of the molecule is CO[C@@H]1C[C@H](C[C@@H](C)[C@@H]2CC(=O)[C@H](C)CC(C)[C@@H](O)CC(=O)[C@H](C)C[C@H](C)/C=C/C=C/C=C(\C)CC[C@@H]3CC[C@@H](C)[C@@](O)(O3)C(=O)C(=O)N3CCCC[C@H]3C(=O)O2)CC[C@H]1OI. The molecule has 0 aromatic carbocycles. The second-order valence-corrected chi connectivity index (χ2v) is 20.0. The Bertz CT molecular complexity index is 1610. The van der Waals surface area contributed by atoms with Gasteiger partial charge in [-0.2, -0.15) is 0 Å². The van der Waals surface area contributed by atoms with Crippen LogP contribution in [0.2, 0.25) is 0 Å². The fraction of sp³-hybridized carbons (Fsp3) is 0.776. The van der Waals surface area contributed by atoms with Gasteiger partial charge in [0.2, 0.25) is 5.79 Å². The number of hydrogen-bond acceptors (Lipinski definition) is 11. The molecule has 0 aromatic rings. The number of aliphatic hydroxyl groups is 2. The molecule has 2 bridgehead atoms. The summed E-state index contributed by atoms with van der Waals surface area (Å²) in [7, 11) is 1.68. The number of halogens is 1. The molecule has 4 aliphatic rings. The van der Waals surface area contributed by atoms with Crippen molar-refractivity contribution in [3.05, 3.63) is 36.0 Å². The highest BCUT2D eigenvalue weighted by Gasteiger charge is 2.53. The standard InChI is InChI=1S/C49H76INO11/c1-30-14-10-9-11-15-31(2)24-32(3)40(52)28-41(53)33(4)25-34(5)42(54)29-44(35(6)26-37-19-22-43(62-50)45(27-37)59-8)60-48(57)39-16-12-13-23-51(39)47(56)46(55)49(58)36(7)18-21-38(61-49)20-17-30/h9-11,14-15,31-39,41,43-45,53,58H,12-13,16-29H2,1-8H3/b10-9+,15-11+,30-14+/t31-,32-,33?,34-,35-,36-,37+,38-,39+,41+,43-,44+,45-,49-/m1/s1. The van der Waals surface area contributed by atoms with Gasteiger partial charge in [0.25, 0.3) is 11.7 Å². The minimum Gasteiger partial charge on any atom is -0.460 e. The van der Waals surface area contributed by atoms with Crippen molar-refractivity contribution in [1.29, 1.82) is 0 Å². The molecule has 13 heteroatoms. The maximum atomic E-state index is 14.3. The van der Waals surface area contributed by atoms with E-state index in [1.165, 1.54) is 4.90 Å². The fourth-order valence-electron chi connectivity index (χ4n) is 9.89. The van der Waals surface area contributed by atoms with Crippen molar-refractivity contribution < 1.29 is 51.5 Å². The summed E-state index contributed by atoms with van der Waals surface area (Å²) in [6, 6.07) is -1.07. The van der Waals surface area contributed by atoms with Gasteiger partial charge >= 0.3 is 5.97 Å². The van der Waals surface area contributed by atoms with E-state index in [1.54, 1.807) is 14.0 Å². The van der Waals surface area contributed by atoms with Gasteiger partial charge in [0.1, 0.15) is 46.7 Å². The minimum absolute atomic E-state index is 0.00948. The Morgan fingerprint density at radius 1 is 0.871 bits per heavy atom. The number of cyclic esters (lactones) is 1. The van der Waals surface area contributed by atoms with E-state index in [0.29, 0.717) is 57.8 Å². The third kappa shape index (κ3) is 14.6. The van der Waals surface area contributed by atoms with Gasteiger partial charge in [-0.1, -0.05) is 77.5 Å². The van der Waals surface area contributed by atoms with Crippen molar-refractivity contribution in [2.45, 2.75) is 187 Å². The lowest BCUT2D eigenvalue weighted by atomic mass is 9.78. The van der Waals surface area contributed by atoms with Crippen LogP contribution in [0.4, 0.5) is 0 Å². The first-order chi connectivity index (χ1) is 29.4. The number of nitrogens with zero attached hydrogens (tertiary/aromatic N) is 1. The lowest BCUT2D eigenvalue weighted by Gasteiger charge is -2.42. The molecule has 0 aromatic heterocycles. The molecule has 12 nitrogen and oxygen atoms in total. The van der Waals surface area contributed by atoms with Gasteiger partial charge in [0.15, 0.2) is 0 Å². The molecule has 3 fully saturated rings. The quantitative estimate of drug-likeness (QED) is 0.154. The molecule has 62 heavy (non-hydrogen) atoms. The van der Waals surface area contributed by atoms with Gasteiger partial charge in [-0.15, -0.1) is 0 Å². The number of esters is 1. The number of carbonyl (C=O) groups is 5. The van der Waals surface area contributed by atoms with Crippen LogP contribution in [0.25, 0.3) is 0 Å². The zero-order chi connectivity index (χ0) is 45.7. The predicted molar refractivity (Wildman–Crippen MR) is 246 cm³/mol. The molecule has 0 spiro atoms. The van der Waals surface area contributed by atoms with E-state index in [1.807, 2.05) is 81.9 Å². The second kappa shape index (κ2) is 24.8. The number of ketones is 3. The van der Waals surface area contributed by atoms with E-state index in [2.05, 4.69) is 13.0 Å². The first kappa shape index (κ1) is 52.3. The molecule has 14 atom stereocenters. The zero-order valence-corrected chi connectivity index (χ0v) is 40.8. The Kier molecular flexibility index (Phi) is 21.0. The van der Waals surface area contributed by atoms with Crippen LogP contribution in [-0.4, -0.2) is 100 Å². The molecule has 3 heterocycles. The summed E-state index contributed by atoms with van der Waals surface area (Å²) in [5.41, 5.74) is 1.09. The van der Waals surface area contributed by atoms with Gasteiger partial charge in [-0.25, -0.2) is 4.79 Å². The molecule has 1 amide bonds. The number of piperidine rings is 1. The van der Waals surface area contributed by atoms with Crippen molar-refractivity contribution in [2.75, 3.05) is 13.7 Å². The molecule has 1 saturated carbocycles. The van der Waals surface area contributed by atoms with Crippen molar-refractivity contribution in [2.24, 2.45) is 41.4 Å². The van der Waals surface area contributed by atoms with E-state index in [0.717, 1.165) is 24.8 Å². The van der Waals surface area contributed by atoms with E-state index >= 15 is 0 Å². The Morgan fingerprint density at radius 3 is 2.29 bits per heavy atom. The lowest BCUT2D eigenvalue weighted by molar-refractivity contribution is -0.263.